The normalized spacial score (nSPS) is 16.3. The molecular weight excluding hydrogens is 296 g/mol. The Kier molecular flexibility index (Phi) is 5.60. The number of hydrogen-bond acceptors (Lipinski definition) is 4. The van der Waals surface area contributed by atoms with E-state index in [9.17, 15) is 10.1 Å². The van der Waals surface area contributed by atoms with Crippen LogP contribution in [-0.4, -0.2) is 18.6 Å². The Morgan fingerprint density at radius 2 is 2.09 bits per heavy atom. The van der Waals surface area contributed by atoms with Gasteiger partial charge in [-0.3, -0.25) is 4.79 Å². The van der Waals surface area contributed by atoms with Crippen molar-refractivity contribution in [1.82, 2.24) is 0 Å². The van der Waals surface area contributed by atoms with Crippen LogP contribution >= 0.6 is 11.3 Å². The standard InChI is InChI=1S/C17H24N2O2S/c1-17(2,3)15-9-13(14(10-18)22-15)19-16(20)11-21-12-7-5-4-6-8-12/h9,12H,4-8,11H2,1-3H3,(H,19,20). The van der Waals surface area contributed by atoms with Crippen molar-refractivity contribution in [3.63, 3.8) is 0 Å². The average Bonchev–Trinajstić information content (AvgIpc) is 2.89. The van der Waals surface area contributed by atoms with Crippen molar-refractivity contribution < 1.29 is 9.53 Å². The summed E-state index contributed by atoms with van der Waals surface area (Å²) in [6, 6.07) is 4.07. The van der Waals surface area contributed by atoms with E-state index < -0.39 is 0 Å². The number of hydrogen-bond donors (Lipinski definition) is 1. The minimum atomic E-state index is -0.180. The molecule has 1 heterocycles. The molecule has 0 spiro atoms. The molecule has 0 aromatic carbocycles. The van der Waals surface area contributed by atoms with Crippen LogP contribution in [-0.2, 0) is 14.9 Å². The van der Waals surface area contributed by atoms with Gasteiger partial charge in [0.1, 0.15) is 17.6 Å². The highest BCUT2D eigenvalue weighted by Crippen LogP contribution is 2.34. The Bertz CT molecular complexity index is 560. The zero-order valence-corrected chi connectivity index (χ0v) is 14.4. The zero-order chi connectivity index (χ0) is 16.2. The second-order valence-electron chi connectivity index (χ2n) is 6.83. The molecule has 1 fully saturated rings. The number of ether oxygens (including phenoxy) is 1. The van der Waals surface area contributed by atoms with Crippen LogP contribution in [0.15, 0.2) is 6.07 Å². The van der Waals surface area contributed by atoms with Gasteiger partial charge in [-0.1, -0.05) is 40.0 Å². The number of nitrogens with zero attached hydrogens (tertiary/aromatic N) is 1. The molecule has 1 aliphatic carbocycles. The molecule has 1 N–H and O–H groups in total. The number of anilines is 1. The Morgan fingerprint density at radius 1 is 1.41 bits per heavy atom. The van der Waals surface area contributed by atoms with E-state index in [0.29, 0.717) is 10.6 Å². The second kappa shape index (κ2) is 7.26. The third-order valence-electron chi connectivity index (χ3n) is 3.85. The highest BCUT2D eigenvalue weighted by atomic mass is 32.1. The first-order chi connectivity index (χ1) is 10.4. The van der Waals surface area contributed by atoms with Crippen LogP contribution in [0.4, 0.5) is 5.69 Å². The maximum atomic E-state index is 12.0. The van der Waals surface area contributed by atoms with E-state index in [1.807, 2.05) is 6.07 Å². The molecule has 1 saturated carbocycles. The molecule has 2 rings (SSSR count). The molecule has 1 aromatic heterocycles. The summed E-state index contributed by atoms with van der Waals surface area (Å²) in [5.74, 6) is -0.180. The molecule has 120 valence electrons. The SMILES string of the molecule is CC(C)(C)c1cc(NC(=O)COC2CCCCC2)c(C#N)s1. The third-order valence-corrected chi connectivity index (χ3v) is 5.31. The number of amides is 1. The molecule has 22 heavy (non-hydrogen) atoms. The number of rotatable bonds is 4. The fraction of sp³-hybridized carbons (Fsp3) is 0.647. The molecular formula is C17H24N2O2S. The molecule has 1 amide bonds. The zero-order valence-electron chi connectivity index (χ0n) is 13.6. The first kappa shape index (κ1) is 17.0. The highest BCUT2D eigenvalue weighted by molar-refractivity contribution is 7.13. The van der Waals surface area contributed by atoms with E-state index in [1.165, 1.54) is 30.6 Å². The van der Waals surface area contributed by atoms with Gasteiger partial charge in [-0.05, 0) is 24.3 Å². The molecule has 0 bridgehead atoms. The van der Waals surface area contributed by atoms with E-state index in [0.717, 1.165) is 17.7 Å². The molecule has 0 radical (unpaired) electrons. The van der Waals surface area contributed by atoms with Gasteiger partial charge in [0.05, 0.1) is 11.8 Å². The van der Waals surface area contributed by atoms with Crippen LogP contribution in [0.3, 0.4) is 0 Å². The maximum Gasteiger partial charge on any atom is 0.250 e. The lowest BCUT2D eigenvalue weighted by Gasteiger charge is -2.21. The number of nitriles is 1. The fourth-order valence-electron chi connectivity index (χ4n) is 2.55. The van der Waals surface area contributed by atoms with Gasteiger partial charge in [0.2, 0.25) is 5.91 Å². The van der Waals surface area contributed by atoms with Crippen LogP contribution in [0.25, 0.3) is 0 Å². The van der Waals surface area contributed by atoms with Gasteiger partial charge >= 0.3 is 0 Å². The predicted octanol–water partition coefficient (Wildman–Crippen LogP) is 4.21. The van der Waals surface area contributed by atoms with Crippen molar-refractivity contribution in [2.45, 2.75) is 64.4 Å². The van der Waals surface area contributed by atoms with Gasteiger partial charge in [-0.25, -0.2) is 0 Å². The van der Waals surface area contributed by atoms with Gasteiger partial charge in [0, 0.05) is 4.88 Å². The summed E-state index contributed by atoms with van der Waals surface area (Å²) in [6.45, 7) is 6.35. The molecule has 0 aliphatic heterocycles. The Balaban J connectivity index is 1.93. The summed E-state index contributed by atoms with van der Waals surface area (Å²) in [5.41, 5.74) is 0.576. The Labute approximate surface area is 136 Å². The van der Waals surface area contributed by atoms with Crippen molar-refractivity contribution in [2.24, 2.45) is 0 Å². The van der Waals surface area contributed by atoms with E-state index in [4.69, 9.17) is 4.74 Å². The topological polar surface area (TPSA) is 62.1 Å². The summed E-state index contributed by atoms with van der Waals surface area (Å²) in [6.07, 6.45) is 5.94. The van der Waals surface area contributed by atoms with Crippen LogP contribution < -0.4 is 5.32 Å². The Morgan fingerprint density at radius 3 is 2.68 bits per heavy atom. The van der Waals surface area contributed by atoms with E-state index in [2.05, 4.69) is 32.2 Å². The third kappa shape index (κ3) is 4.56. The van der Waals surface area contributed by atoms with Crippen molar-refractivity contribution in [3.05, 3.63) is 15.8 Å². The summed E-state index contributed by atoms with van der Waals surface area (Å²) in [4.78, 5) is 13.7. The van der Waals surface area contributed by atoms with Gasteiger partial charge in [-0.2, -0.15) is 5.26 Å². The Hall–Kier alpha value is -1.38. The van der Waals surface area contributed by atoms with Gasteiger partial charge in [-0.15, -0.1) is 11.3 Å². The fourth-order valence-corrected chi connectivity index (χ4v) is 3.52. The van der Waals surface area contributed by atoms with E-state index in [-0.39, 0.29) is 24.0 Å². The van der Waals surface area contributed by atoms with Gasteiger partial charge in [0.15, 0.2) is 0 Å². The molecule has 1 aromatic rings. The summed E-state index contributed by atoms with van der Waals surface area (Å²) in [7, 11) is 0. The lowest BCUT2D eigenvalue weighted by Crippen LogP contribution is -2.24. The molecule has 5 heteroatoms. The first-order valence-electron chi connectivity index (χ1n) is 7.86. The van der Waals surface area contributed by atoms with Crippen LogP contribution in [0.5, 0.6) is 0 Å². The molecule has 0 saturated heterocycles. The summed E-state index contributed by atoms with van der Waals surface area (Å²) < 4.78 is 5.67. The minimum absolute atomic E-state index is 0.0299. The maximum absolute atomic E-state index is 12.0. The van der Waals surface area contributed by atoms with Gasteiger partial charge < -0.3 is 10.1 Å². The molecule has 4 nitrogen and oxygen atoms in total. The highest BCUT2D eigenvalue weighted by Gasteiger charge is 2.21. The van der Waals surface area contributed by atoms with E-state index >= 15 is 0 Å². The first-order valence-corrected chi connectivity index (χ1v) is 8.67. The number of thiophene rings is 1. The lowest BCUT2D eigenvalue weighted by atomic mass is 9.94. The van der Waals surface area contributed by atoms with Crippen molar-refractivity contribution >= 4 is 22.9 Å². The second-order valence-corrected chi connectivity index (χ2v) is 7.89. The lowest BCUT2D eigenvalue weighted by molar-refractivity contribution is -0.123. The van der Waals surface area contributed by atoms with Crippen LogP contribution in [0.2, 0.25) is 0 Å². The smallest absolute Gasteiger partial charge is 0.250 e. The molecule has 0 atom stereocenters. The number of carbonyl (C=O) groups excluding carboxylic acids is 1. The average molecular weight is 320 g/mol. The van der Waals surface area contributed by atoms with Gasteiger partial charge in [0.25, 0.3) is 0 Å². The van der Waals surface area contributed by atoms with Crippen LogP contribution in [0.1, 0.15) is 62.6 Å². The molecule has 0 unspecified atom stereocenters. The van der Waals surface area contributed by atoms with Crippen molar-refractivity contribution in [1.29, 1.82) is 5.26 Å². The largest absolute Gasteiger partial charge is 0.368 e. The van der Waals surface area contributed by atoms with Crippen LogP contribution in [0, 0.1) is 11.3 Å². The molecule has 1 aliphatic rings. The number of nitrogens with one attached hydrogen (secondary N) is 1. The number of carbonyl (C=O) groups is 1. The van der Waals surface area contributed by atoms with E-state index in [1.54, 1.807) is 0 Å². The monoisotopic (exact) mass is 320 g/mol. The quantitative estimate of drug-likeness (QED) is 0.904. The summed E-state index contributed by atoms with van der Waals surface area (Å²) in [5, 5.41) is 12.0. The minimum Gasteiger partial charge on any atom is -0.368 e. The van der Waals surface area contributed by atoms with Crippen molar-refractivity contribution in [3.8, 4) is 6.07 Å². The predicted molar refractivity (Wildman–Crippen MR) is 89.2 cm³/mol. The van der Waals surface area contributed by atoms with Crippen molar-refractivity contribution in [2.75, 3.05) is 11.9 Å². The summed E-state index contributed by atoms with van der Waals surface area (Å²) >= 11 is 1.44.